The first-order valence-electron chi connectivity index (χ1n) is 5.42. The second-order valence-electron chi connectivity index (χ2n) is 4.01. The largest absolute Gasteiger partial charge is 0.339 e. The number of benzene rings is 1. The summed E-state index contributed by atoms with van der Waals surface area (Å²) in [4.78, 5) is 23.5. The fraction of sp³-hybridized carbons (Fsp3) is 0.0833. The summed E-state index contributed by atoms with van der Waals surface area (Å²) in [7, 11) is 1.35. The van der Waals surface area contributed by atoms with Crippen LogP contribution in [0.5, 0.6) is 0 Å². The maximum absolute atomic E-state index is 13.2. The number of hydrogen-bond donors (Lipinski definition) is 0. The van der Waals surface area contributed by atoms with Gasteiger partial charge in [0.2, 0.25) is 5.71 Å². The van der Waals surface area contributed by atoms with Gasteiger partial charge < -0.3 is 4.52 Å². The minimum atomic E-state index is -0.594. The van der Waals surface area contributed by atoms with Crippen molar-refractivity contribution in [2.45, 2.75) is 0 Å². The molecule has 6 nitrogen and oxygen atoms in total. The molecule has 1 aromatic carbocycles. The fourth-order valence-corrected chi connectivity index (χ4v) is 1.81. The highest BCUT2D eigenvalue weighted by molar-refractivity contribution is 5.57. The number of halogens is 1. The van der Waals surface area contributed by atoms with Crippen LogP contribution in [0.15, 0.2) is 44.4 Å². The van der Waals surface area contributed by atoms with Crippen molar-refractivity contribution >= 4 is 5.71 Å². The summed E-state index contributed by atoms with van der Waals surface area (Å²) in [6, 6.07) is 6.76. The molecule has 0 aliphatic rings. The average Bonchev–Trinajstić information content (AvgIpc) is 2.80. The quantitative estimate of drug-likeness (QED) is 0.649. The Balaban J connectivity index is 2.41. The first-order valence-corrected chi connectivity index (χ1v) is 5.42. The normalized spacial score (nSPS) is 11.1. The molecule has 0 saturated heterocycles. The monoisotopic (exact) mass is 261 g/mol. The van der Waals surface area contributed by atoms with E-state index in [1.165, 1.54) is 25.2 Å². The minimum Gasteiger partial charge on any atom is -0.335 e. The molecule has 0 fully saturated rings. The highest BCUT2D eigenvalue weighted by Crippen LogP contribution is 2.18. The molecule has 0 aliphatic heterocycles. The van der Waals surface area contributed by atoms with Crippen LogP contribution < -0.4 is 11.2 Å². The lowest BCUT2D eigenvalue weighted by molar-refractivity contribution is 0.455. The van der Waals surface area contributed by atoms with Crippen LogP contribution in [0.2, 0.25) is 0 Å². The lowest BCUT2D eigenvalue weighted by atomic mass is 10.2. The van der Waals surface area contributed by atoms with Crippen molar-refractivity contribution in [1.82, 2.24) is 14.1 Å². The van der Waals surface area contributed by atoms with Crippen LogP contribution in [0.25, 0.3) is 17.1 Å². The Bertz CT molecular complexity index is 891. The van der Waals surface area contributed by atoms with Gasteiger partial charge in [-0.1, -0.05) is 17.3 Å². The molecule has 0 N–H and O–H groups in total. The zero-order chi connectivity index (χ0) is 13.6. The van der Waals surface area contributed by atoms with Gasteiger partial charge in [-0.15, -0.1) is 0 Å². The van der Waals surface area contributed by atoms with E-state index in [1.807, 2.05) is 0 Å². The van der Waals surface area contributed by atoms with Crippen LogP contribution in [0, 0.1) is 5.82 Å². The molecule has 0 bridgehead atoms. The second kappa shape index (κ2) is 3.91. The molecule has 0 saturated carbocycles. The van der Waals surface area contributed by atoms with E-state index < -0.39 is 17.1 Å². The lowest BCUT2D eigenvalue weighted by Crippen LogP contribution is -2.34. The van der Waals surface area contributed by atoms with Crippen molar-refractivity contribution in [3.05, 3.63) is 57.0 Å². The van der Waals surface area contributed by atoms with Crippen molar-refractivity contribution in [2.75, 3.05) is 0 Å². The van der Waals surface area contributed by atoms with Gasteiger partial charge in [0.15, 0.2) is 5.82 Å². The Morgan fingerprint density at radius 2 is 2.05 bits per heavy atom. The Morgan fingerprint density at radius 1 is 1.26 bits per heavy atom. The van der Waals surface area contributed by atoms with E-state index in [0.717, 1.165) is 15.0 Å². The summed E-state index contributed by atoms with van der Waals surface area (Å²) < 4.78 is 20.2. The maximum Gasteiger partial charge on any atom is 0.339 e. The van der Waals surface area contributed by atoms with Gasteiger partial charge in [-0.3, -0.25) is 9.36 Å². The Morgan fingerprint density at radius 3 is 2.79 bits per heavy atom. The van der Waals surface area contributed by atoms with Gasteiger partial charge in [-0.05, 0) is 12.1 Å². The van der Waals surface area contributed by atoms with Crippen LogP contribution in [0.3, 0.4) is 0 Å². The van der Waals surface area contributed by atoms with Gasteiger partial charge in [-0.25, -0.2) is 13.6 Å². The number of nitrogens with zero attached hydrogens (tertiary/aromatic N) is 3. The molecule has 0 spiro atoms. The van der Waals surface area contributed by atoms with Crippen molar-refractivity contribution in [3.63, 3.8) is 0 Å². The first-order chi connectivity index (χ1) is 9.08. The molecule has 0 radical (unpaired) electrons. The standard InChI is InChI=1S/C12H8FN3O3/c1-15-9(17)6-10-16(12(15)18)11(14-19-10)7-3-2-4-8(13)5-7/h2-6H,1H3. The van der Waals surface area contributed by atoms with Crippen LogP contribution in [-0.4, -0.2) is 14.1 Å². The molecule has 2 aromatic heterocycles. The molecule has 2 heterocycles. The smallest absolute Gasteiger partial charge is 0.335 e. The van der Waals surface area contributed by atoms with Crippen LogP contribution in [-0.2, 0) is 7.05 Å². The number of rotatable bonds is 1. The molecule has 19 heavy (non-hydrogen) atoms. The summed E-state index contributed by atoms with van der Waals surface area (Å²) in [6.07, 6.45) is 0. The van der Waals surface area contributed by atoms with E-state index in [2.05, 4.69) is 5.16 Å². The summed E-state index contributed by atoms with van der Waals surface area (Å²) in [6.45, 7) is 0. The fourth-order valence-electron chi connectivity index (χ4n) is 1.81. The number of hydrogen-bond acceptors (Lipinski definition) is 4. The van der Waals surface area contributed by atoms with Crippen molar-refractivity contribution in [2.24, 2.45) is 7.05 Å². The average molecular weight is 261 g/mol. The molecule has 0 amide bonds. The molecule has 0 aliphatic carbocycles. The topological polar surface area (TPSA) is 69.5 Å². The molecule has 3 aromatic rings. The van der Waals surface area contributed by atoms with E-state index in [0.29, 0.717) is 5.56 Å². The number of fused-ring (bicyclic) bond motifs is 1. The molecule has 0 unspecified atom stereocenters. The summed E-state index contributed by atoms with van der Waals surface area (Å²) in [5.41, 5.74) is -0.679. The van der Waals surface area contributed by atoms with Crippen molar-refractivity contribution < 1.29 is 8.91 Å². The van der Waals surface area contributed by atoms with Gasteiger partial charge in [0.1, 0.15) is 5.82 Å². The predicted molar refractivity (Wildman–Crippen MR) is 64.4 cm³/mol. The SMILES string of the molecule is Cn1c(=O)cc2onc(-c3cccc(F)c3)n2c1=O. The summed E-state index contributed by atoms with van der Waals surface area (Å²) in [5.74, 6) is -0.304. The third-order valence-electron chi connectivity index (χ3n) is 2.80. The van der Waals surface area contributed by atoms with E-state index in [9.17, 15) is 14.0 Å². The maximum atomic E-state index is 13.2. The molecular weight excluding hydrogens is 253 g/mol. The number of aromatic nitrogens is 3. The molecule has 0 atom stereocenters. The summed E-state index contributed by atoms with van der Waals surface area (Å²) >= 11 is 0. The Labute approximate surface area is 105 Å². The van der Waals surface area contributed by atoms with Gasteiger partial charge >= 0.3 is 5.69 Å². The van der Waals surface area contributed by atoms with Gasteiger partial charge in [0.05, 0.1) is 6.07 Å². The minimum absolute atomic E-state index is 0.0207. The third kappa shape index (κ3) is 1.67. The highest BCUT2D eigenvalue weighted by Gasteiger charge is 2.14. The molecule has 3 rings (SSSR count). The predicted octanol–water partition coefficient (Wildman–Crippen LogP) is 0.792. The second-order valence-corrected chi connectivity index (χ2v) is 4.01. The van der Waals surface area contributed by atoms with E-state index in [1.54, 1.807) is 6.07 Å². The molecule has 7 heteroatoms. The zero-order valence-electron chi connectivity index (χ0n) is 9.83. The van der Waals surface area contributed by atoms with Crippen molar-refractivity contribution in [3.8, 4) is 11.4 Å². The third-order valence-corrected chi connectivity index (χ3v) is 2.80. The van der Waals surface area contributed by atoms with Crippen LogP contribution >= 0.6 is 0 Å². The van der Waals surface area contributed by atoms with E-state index >= 15 is 0 Å². The van der Waals surface area contributed by atoms with Crippen LogP contribution in [0.1, 0.15) is 0 Å². The van der Waals surface area contributed by atoms with Gasteiger partial charge in [0, 0.05) is 12.6 Å². The van der Waals surface area contributed by atoms with E-state index in [4.69, 9.17) is 4.52 Å². The Kier molecular flexibility index (Phi) is 2.34. The Hall–Kier alpha value is -2.70. The zero-order valence-corrected chi connectivity index (χ0v) is 9.83. The lowest BCUT2D eigenvalue weighted by Gasteiger charge is -2.00. The molecule has 96 valence electrons. The van der Waals surface area contributed by atoms with Gasteiger partial charge in [-0.2, -0.15) is 0 Å². The molecular formula is C12H8FN3O3. The van der Waals surface area contributed by atoms with Crippen LogP contribution in [0.4, 0.5) is 4.39 Å². The van der Waals surface area contributed by atoms with Crippen molar-refractivity contribution in [1.29, 1.82) is 0 Å². The van der Waals surface area contributed by atoms with Gasteiger partial charge in [0.25, 0.3) is 5.56 Å². The van der Waals surface area contributed by atoms with E-state index in [-0.39, 0.29) is 11.5 Å². The first kappa shape index (κ1) is 11.4. The summed E-state index contributed by atoms with van der Waals surface area (Å²) in [5, 5.41) is 3.72. The highest BCUT2D eigenvalue weighted by atomic mass is 19.1.